The van der Waals surface area contributed by atoms with E-state index in [9.17, 15) is 4.79 Å². The number of carbonyl (C=O) groups is 1. The molecule has 1 saturated heterocycles. The molecule has 1 aromatic heterocycles. The molecular formula is C13H20N4OS. The summed E-state index contributed by atoms with van der Waals surface area (Å²) in [4.78, 5) is 14.2. The van der Waals surface area contributed by atoms with Gasteiger partial charge in [0.25, 0.3) is 5.91 Å². The summed E-state index contributed by atoms with van der Waals surface area (Å²) in [6, 6.07) is 3.50. The van der Waals surface area contributed by atoms with Gasteiger partial charge in [0.05, 0.1) is 0 Å². The Hall–Kier alpha value is -1.30. The topological polar surface area (TPSA) is 58.1 Å². The van der Waals surface area contributed by atoms with Crippen molar-refractivity contribution in [3.05, 3.63) is 17.8 Å². The van der Waals surface area contributed by atoms with Crippen LogP contribution in [0.5, 0.6) is 0 Å². The number of nitrogens with zero attached hydrogens (tertiary/aromatic N) is 3. The molecule has 2 heterocycles. The fourth-order valence-electron chi connectivity index (χ4n) is 1.97. The second-order valence-corrected chi connectivity index (χ2v) is 7.01. The molecule has 1 aromatic rings. The summed E-state index contributed by atoms with van der Waals surface area (Å²) in [7, 11) is 1.78. The lowest BCUT2D eigenvalue weighted by atomic mass is 10.1. The van der Waals surface area contributed by atoms with E-state index in [0.717, 1.165) is 25.3 Å². The molecule has 1 amide bonds. The van der Waals surface area contributed by atoms with Crippen molar-refractivity contribution in [3.63, 3.8) is 0 Å². The van der Waals surface area contributed by atoms with Crippen molar-refractivity contribution in [1.82, 2.24) is 15.1 Å². The fraction of sp³-hybridized carbons (Fsp3) is 0.615. The minimum Gasteiger partial charge on any atom is -0.372 e. The minimum absolute atomic E-state index is 0.0200. The van der Waals surface area contributed by atoms with E-state index in [0.29, 0.717) is 11.5 Å². The van der Waals surface area contributed by atoms with Crippen LogP contribution in [0.3, 0.4) is 0 Å². The van der Waals surface area contributed by atoms with Crippen LogP contribution in [0.4, 0.5) is 5.82 Å². The van der Waals surface area contributed by atoms with E-state index < -0.39 is 0 Å². The van der Waals surface area contributed by atoms with Gasteiger partial charge in [-0.05, 0) is 18.6 Å². The van der Waals surface area contributed by atoms with Gasteiger partial charge in [-0.15, -0.1) is 10.2 Å². The maximum Gasteiger partial charge on any atom is 0.274 e. The molecule has 0 spiro atoms. The zero-order valence-electron chi connectivity index (χ0n) is 11.6. The number of hydrogen-bond donors (Lipinski definition) is 1. The molecule has 0 atom stereocenters. The van der Waals surface area contributed by atoms with Crippen molar-refractivity contribution >= 4 is 23.5 Å². The maximum atomic E-state index is 12.4. The Morgan fingerprint density at radius 2 is 2.16 bits per heavy atom. The highest BCUT2D eigenvalue weighted by molar-refractivity contribution is 8.00. The summed E-state index contributed by atoms with van der Waals surface area (Å²) < 4.78 is 0.247. The predicted molar refractivity (Wildman–Crippen MR) is 78.6 cm³/mol. The van der Waals surface area contributed by atoms with Crippen molar-refractivity contribution in [1.29, 1.82) is 0 Å². The third kappa shape index (κ3) is 3.59. The lowest BCUT2D eigenvalue weighted by molar-refractivity contribution is 0.0757. The molecule has 1 aliphatic rings. The molecule has 0 unspecified atom stereocenters. The number of aromatic nitrogens is 2. The van der Waals surface area contributed by atoms with Crippen molar-refractivity contribution < 1.29 is 4.79 Å². The second kappa shape index (κ2) is 5.77. The van der Waals surface area contributed by atoms with Crippen LogP contribution in [-0.4, -0.2) is 51.6 Å². The molecule has 104 valence electrons. The van der Waals surface area contributed by atoms with E-state index in [1.54, 1.807) is 19.2 Å². The van der Waals surface area contributed by atoms with Crippen LogP contribution in [0, 0.1) is 0 Å². The Morgan fingerprint density at radius 1 is 1.37 bits per heavy atom. The zero-order chi connectivity index (χ0) is 13.9. The van der Waals surface area contributed by atoms with Crippen LogP contribution in [0.2, 0.25) is 0 Å². The molecule has 0 aromatic carbocycles. The van der Waals surface area contributed by atoms with Crippen LogP contribution in [0.1, 0.15) is 30.8 Å². The number of nitrogens with one attached hydrogen (secondary N) is 1. The van der Waals surface area contributed by atoms with Gasteiger partial charge in [-0.25, -0.2) is 0 Å². The summed E-state index contributed by atoms with van der Waals surface area (Å²) >= 11 is 1.92. The van der Waals surface area contributed by atoms with Crippen molar-refractivity contribution in [2.45, 2.75) is 25.0 Å². The number of hydrogen-bond acceptors (Lipinski definition) is 5. The van der Waals surface area contributed by atoms with Crippen LogP contribution < -0.4 is 5.32 Å². The van der Waals surface area contributed by atoms with Gasteiger partial charge in [-0.2, -0.15) is 11.8 Å². The molecule has 19 heavy (non-hydrogen) atoms. The first kappa shape index (κ1) is 14.1. The van der Waals surface area contributed by atoms with E-state index >= 15 is 0 Å². The smallest absolute Gasteiger partial charge is 0.274 e. The van der Waals surface area contributed by atoms with Gasteiger partial charge in [0.1, 0.15) is 5.82 Å². The van der Waals surface area contributed by atoms with E-state index in [4.69, 9.17) is 0 Å². The third-order valence-corrected chi connectivity index (χ3v) is 4.64. The molecule has 0 saturated carbocycles. The summed E-state index contributed by atoms with van der Waals surface area (Å²) in [5.74, 6) is 1.62. The molecule has 5 nitrogen and oxygen atoms in total. The monoisotopic (exact) mass is 280 g/mol. The van der Waals surface area contributed by atoms with Gasteiger partial charge in [-0.3, -0.25) is 4.79 Å². The normalized spacial score (nSPS) is 18.8. The quantitative estimate of drug-likeness (QED) is 0.896. The Bertz CT molecular complexity index is 446. The summed E-state index contributed by atoms with van der Waals surface area (Å²) in [5, 5.41) is 10.8. The first-order chi connectivity index (χ1) is 9.02. The van der Waals surface area contributed by atoms with Gasteiger partial charge in [0.2, 0.25) is 0 Å². The Balaban J connectivity index is 2.06. The lowest BCUT2D eigenvalue weighted by Crippen LogP contribution is -2.34. The fourth-order valence-corrected chi connectivity index (χ4v) is 3.06. The Labute approximate surface area is 118 Å². The second-order valence-electron chi connectivity index (χ2n) is 5.20. The summed E-state index contributed by atoms with van der Waals surface area (Å²) in [5.41, 5.74) is 0.420. The van der Waals surface area contributed by atoms with Crippen LogP contribution in [0.25, 0.3) is 0 Å². The molecule has 0 radical (unpaired) electrons. The van der Waals surface area contributed by atoms with E-state index in [2.05, 4.69) is 29.4 Å². The molecule has 1 aliphatic heterocycles. The number of thioether (sulfide) groups is 1. The van der Waals surface area contributed by atoms with Gasteiger partial charge in [0, 0.05) is 30.6 Å². The molecule has 0 aliphatic carbocycles. The van der Waals surface area contributed by atoms with Gasteiger partial charge in [0.15, 0.2) is 5.69 Å². The largest absolute Gasteiger partial charge is 0.372 e. The Morgan fingerprint density at radius 3 is 2.79 bits per heavy atom. The van der Waals surface area contributed by atoms with Crippen molar-refractivity contribution in [2.75, 3.05) is 31.2 Å². The zero-order valence-corrected chi connectivity index (χ0v) is 12.5. The van der Waals surface area contributed by atoms with Crippen LogP contribution in [0.15, 0.2) is 12.1 Å². The average Bonchev–Trinajstić information content (AvgIpc) is 2.59. The van der Waals surface area contributed by atoms with Gasteiger partial charge >= 0.3 is 0 Å². The standard InChI is InChI=1S/C13H20N4OS/c1-13(2)6-7-17(8-9-19-13)12(18)10-4-5-11(14-3)16-15-10/h4-5H,6-9H2,1-3H3,(H,14,16). The highest BCUT2D eigenvalue weighted by Gasteiger charge is 2.26. The van der Waals surface area contributed by atoms with E-state index in [-0.39, 0.29) is 10.7 Å². The Kier molecular flexibility index (Phi) is 4.29. The maximum absolute atomic E-state index is 12.4. The van der Waals surface area contributed by atoms with Crippen molar-refractivity contribution in [3.8, 4) is 0 Å². The van der Waals surface area contributed by atoms with Crippen LogP contribution >= 0.6 is 11.8 Å². The number of carbonyl (C=O) groups excluding carboxylic acids is 1. The summed E-state index contributed by atoms with van der Waals surface area (Å²) in [6.45, 7) is 6.02. The van der Waals surface area contributed by atoms with Crippen molar-refractivity contribution in [2.24, 2.45) is 0 Å². The molecule has 0 bridgehead atoms. The SMILES string of the molecule is CNc1ccc(C(=O)N2CCSC(C)(C)CC2)nn1. The molecule has 1 fully saturated rings. The number of rotatable bonds is 2. The third-order valence-electron chi connectivity index (χ3n) is 3.26. The van der Waals surface area contributed by atoms with E-state index in [1.807, 2.05) is 16.7 Å². The predicted octanol–water partition coefficient (Wildman–Crippen LogP) is 1.88. The summed E-state index contributed by atoms with van der Waals surface area (Å²) in [6.07, 6.45) is 1.01. The average molecular weight is 280 g/mol. The first-order valence-corrected chi connectivity index (χ1v) is 7.45. The number of amides is 1. The lowest BCUT2D eigenvalue weighted by Gasteiger charge is -2.22. The highest BCUT2D eigenvalue weighted by atomic mass is 32.2. The van der Waals surface area contributed by atoms with Gasteiger partial charge < -0.3 is 10.2 Å². The molecule has 6 heteroatoms. The van der Waals surface area contributed by atoms with E-state index in [1.165, 1.54) is 0 Å². The molecule has 1 N–H and O–H groups in total. The molecule has 2 rings (SSSR count). The van der Waals surface area contributed by atoms with Gasteiger partial charge in [-0.1, -0.05) is 13.8 Å². The molecular weight excluding hydrogens is 260 g/mol. The minimum atomic E-state index is -0.0200. The number of anilines is 1. The highest BCUT2D eigenvalue weighted by Crippen LogP contribution is 2.30. The van der Waals surface area contributed by atoms with Crippen LogP contribution in [-0.2, 0) is 0 Å². The first-order valence-electron chi connectivity index (χ1n) is 6.46.